The Morgan fingerprint density at radius 2 is 1.27 bits per heavy atom. The summed E-state index contributed by atoms with van der Waals surface area (Å²) in [5, 5.41) is 3.91. The fourth-order valence-electron chi connectivity index (χ4n) is 3.88. The highest BCUT2D eigenvalue weighted by Crippen LogP contribution is 2.21. The fraction of sp³-hybridized carbons (Fsp3) is 1.00. The van der Waals surface area contributed by atoms with E-state index >= 15 is 0 Å². The fourth-order valence-corrected chi connectivity index (χ4v) is 3.88. The van der Waals surface area contributed by atoms with Crippen molar-refractivity contribution < 1.29 is 0 Å². The second-order valence-corrected chi connectivity index (χ2v) is 7.66. The van der Waals surface area contributed by atoms with Gasteiger partial charge in [-0.1, -0.05) is 90.9 Å². The van der Waals surface area contributed by atoms with Crippen LogP contribution >= 0.6 is 0 Å². The third kappa shape index (κ3) is 10.6. The van der Waals surface area contributed by atoms with Crippen molar-refractivity contribution in [3.8, 4) is 0 Å². The SMILES string of the molecule is CCCCCCCC(CCCCCC)CNC1CCCCC1. The van der Waals surface area contributed by atoms with Gasteiger partial charge >= 0.3 is 0 Å². The van der Waals surface area contributed by atoms with Crippen LogP contribution < -0.4 is 5.32 Å². The van der Waals surface area contributed by atoms with Crippen molar-refractivity contribution >= 4 is 0 Å². The van der Waals surface area contributed by atoms with E-state index in [1.54, 1.807) is 0 Å². The smallest absolute Gasteiger partial charge is 0.00671 e. The minimum Gasteiger partial charge on any atom is -0.314 e. The van der Waals surface area contributed by atoms with Crippen LogP contribution in [0.15, 0.2) is 0 Å². The van der Waals surface area contributed by atoms with Crippen molar-refractivity contribution in [1.82, 2.24) is 5.32 Å². The number of hydrogen-bond donors (Lipinski definition) is 1. The topological polar surface area (TPSA) is 12.0 Å². The van der Waals surface area contributed by atoms with Gasteiger partial charge in [0.05, 0.1) is 0 Å². The second-order valence-electron chi connectivity index (χ2n) is 7.66. The van der Waals surface area contributed by atoms with Crippen molar-refractivity contribution in [3.05, 3.63) is 0 Å². The maximum atomic E-state index is 3.91. The Balaban J connectivity index is 2.16. The third-order valence-electron chi connectivity index (χ3n) is 5.48. The molecule has 1 saturated carbocycles. The molecule has 1 aliphatic carbocycles. The molecule has 0 aliphatic heterocycles. The van der Waals surface area contributed by atoms with Crippen LogP contribution in [0.25, 0.3) is 0 Å². The monoisotopic (exact) mass is 309 g/mol. The lowest BCUT2D eigenvalue weighted by molar-refractivity contribution is 0.320. The summed E-state index contributed by atoms with van der Waals surface area (Å²) in [4.78, 5) is 0. The number of rotatable bonds is 14. The molecular formula is C21H43N. The van der Waals surface area contributed by atoms with Crippen LogP contribution in [0.5, 0.6) is 0 Å². The minimum absolute atomic E-state index is 0.840. The Kier molecular flexibility index (Phi) is 13.2. The highest BCUT2D eigenvalue weighted by atomic mass is 14.9. The lowest BCUT2D eigenvalue weighted by atomic mass is 9.92. The average Bonchev–Trinajstić information content (AvgIpc) is 2.56. The molecule has 1 atom stereocenters. The lowest BCUT2D eigenvalue weighted by Gasteiger charge is -2.26. The summed E-state index contributed by atoms with van der Waals surface area (Å²) < 4.78 is 0. The largest absolute Gasteiger partial charge is 0.314 e. The van der Waals surface area contributed by atoms with Gasteiger partial charge in [-0.15, -0.1) is 0 Å². The summed E-state index contributed by atoms with van der Waals surface area (Å²) in [6.45, 7) is 5.92. The summed E-state index contributed by atoms with van der Waals surface area (Å²) in [6.07, 6.45) is 23.0. The lowest BCUT2D eigenvalue weighted by Crippen LogP contribution is -2.34. The Labute approximate surface area is 141 Å². The minimum atomic E-state index is 0.840. The molecule has 0 saturated heterocycles. The van der Waals surface area contributed by atoms with E-state index < -0.39 is 0 Å². The normalized spacial score (nSPS) is 17.7. The van der Waals surface area contributed by atoms with Crippen LogP contribution in [-0.4, -0.2) is 12.6 Å². The van der Waals surface area contributed by atoms with Gasteiger partial charge in [0.2, 0.25) is 0 Å². The van der Waals surface area contributed by atoms with Gasteiger partial charge < -0.3 is 5.32 Å². The molecule has 1 heteroatoms. The molecule has 1 fully saturated rings. The first-order valence-electron chi connectivity index (χ1n) is 10.6. The van der Waals surface area contributed by atoms with Gasteiger partial charge in [0.15, 0.2) is 0 Å². The predicted octanol–water partition coefficient (Wildman–Crippen LogP) is 6.86. The zero-order chi connectivity index (χ0) is 15.9. The average molecular weight is 310 g/mol. The van der Waals surface area contributed by atoms with Crippen LogP contribution in [0, 0.1) is 5.92 Å². The van der Waals surface area contributed by atoms with E-state index in [0.717, 1.165) is 12.0 Å². The van der Waals surface area contributed by atoms with Gasteiger partial charge in [-0.3, -0.25) is 0 Å². The first-order chi connectivity index (χ1) is 10.9. The molecule has 22 heavy (non-hydrogen) atoms. The zero-order valence-corrected chi connectivity index (χ0v) is 15.7. The van der Waals surface area contributed by atoms with E-state index in [1.165, 1.54) is 109 Å². The summed E-state index contributed by atoms with van der Waals surface area (Å²) in [5.74, 6) is 0.945. The van der Waals surface area contributed by atoms with Crippen LogP contribution in [0.4, 0.5) is 0 Å². The molecule has 1 nitrogen and oxygen atoms in total. The number of unbranched alkanes of at least 4 members (excludes halogenated alkanes) is 7. The first-order valence-corrected chi connectivity index (χ1v) is 10.6. The van der Waals surface area contributed by atoms with Crippen molar-refractivity contribution in [1.29, 1.82) is 0 Å². The number of hydrogen-bond acceptors (Lipinski definition) is 1. The summed E-state index contributed by atoms with van der Waals surface area (Å²) >= 11 is 0. The van der Waals surface area contributed by atoms with Crippen LogP contribution in [0.1, 0.15) is 117 Å². The molecule has 0 bridgehead atoms. The number of nitrogens with one attached hydrogen (secondary N) is 1. The van der Waals surface area contributed by atoms with Gasteiger partial charge in [0.25, 0.3) is 0 Å². The Bertz CT molecular complexity index is 220. The molecule has 1 N–H and O–H groups in total. The molecule has 1 aliphatic rings. The molecule has 0 aromatic rings. The van der Waals surface area contributed by atoms with E-state index in [2.05, 4.69) is 19.2 Å². The van der Waals surface area contributed by atoms with Crippen molar-refractivity contribution in [2.45, 2.75) is 123 Å². The zero-order valence-electron chi connectivity index (χ0n) is 15.7. The van der Waals surface area contributed by atoms with Crippen LogP contribution in [0.2, 0.25) is 0 Å². The first kappa shape index (κ1) is 20.0. The van der Waals surface area contributed by atoms with Crippen molar-refractivity contribution in [2.75, 3.05) is 6.54 Å². The van der Waals surface area contributed by atoms with Crippen LogP contribution in [0.3, 0.4) is 0 Å². The molecule has 1 unspecified atom stereocenters. The molecule has 0 amide bonds. The summed E-state index contributed by atoms with van der Waals surface area (Å²) in [6, 6.07) is 0.840. The Morgan fingerprint density at radius 3 is 1.86 bits per heavy atom. The summed E-state index contributed by atoms with van der Waals surface area (Å²) in [5.41, 5.74) is 0. The molecule has 0 radical (unpaired) electrons. The van der Waals surface area contributed by atoms with E-state index in [0.29, 0.717) is 0 Å². The van der Waals surface area contributed by atoms with Gasteiger partial charge in [0, 0.05) is 6.04 Å². The highest BCUT2D eigenvalue weighted by Gasteiger charge is 2.15. The van der Waals surface area contributed by atoms with Crippen molar-refractivity contribution in [2.24, 2.45) is 5.92 Å². The highest BCUT2D eigenvalue weighted by molar-refractivity contribution is 4.74. The van der Waals surface area contributed by atoms with E-state index in [9.17, 15) is 0 Å². The quantitative estimate of drug-likeness (QED) is 0.346. The van der Waals surface area contributed by atoms with Crippen molar-refractivity contribution in [3.63, 3.8) is 0 Å². The second kappa shape index (κ2) is 14.5. The van der Waals surface area contributed by atoms with Gasteiger partial charge in [-0.25, -0.2) is 0 Å². The standard InChI is InChI=1S/C21H43N/c1-3-5-7-9-12-16-20(15-11-8-6-4-2)19-22-21-17-13-10-14-18-21/h20-22H,3-19H2,1-2H3. The Morgan fingerprint density at radius 1 is 0.727 bits per heavy atom. The van der Waals surface area contributed by atoms with Gasteiger partial charge in [0.1, 0.15) is 0 Å². The molecule has 0 aromatic heterocycles. The van der Waals surface area contributed by atoms with E-state index in [1.807, 2.05) is 0 Å². The van der Waals surface area contributed by atoms with E-state index in [-0.39, 0.29) is 0 Å². The maximum absolute atomic E-state index is 3.91. The molecule has 0 heterocycles. The third-order valence-corrected chi connectivity index (χ3v) is 5.48. The molecule has 1 rings (SSSR count). The molecule has 0 spiro atoms. The van der Waals surface area contributed by atoms with Gasteiger partial charge in [-0.05, 0) is 38.1 Å². The summed E-state index contributed by atoms with van der Waals surface area (Å²) in [7, 11) is 0. The maximum Gasteiger partial charge on any atom is 0.00671 e. The van der Waals surface area contributed by atoms with Crippen LogP contribution in [-0.2, 0) is 0 Å². The Hall–Kier alpha value is -0.0400. The molecule has 132 valence electrons. The molecular weight excluding hydrogens is 266 g/mol. The van der Waals surface area contributed by atoms with E-state index in [4.69, 9.17) is 0 Å². The molecule has 0 aromatic carbocycles. The predicted molar refractivity (Wildman–Crippen MR) is 101 cm³/mol. The van der Waals surface area contributed by atoms with Gasteiger partial charge in [-0.2, -0.15) is 0 Å².